The quantitative estimate of drug-likeness (QED) is 0.751. The standard InChI is InChI=1S/C16H17N5O2/c1-10(2)14(16(22)23)17-12-8-9-13-18-19-15(21(13)20-12)11-6-4-3-5-7-11/h3-10,14H,1-2H3,(H,17,20)(H,22,23)/t14-/m0/s1. The van der Waals surface area contributed by atoms with Crippen LogP contribution in [-0.4, -0.2) is 36.9 Å². The number of aromatic nitrogens is 4. The molecule has 1 aromatic carbocycles. The fourth-order valence-corrected chi connectivity index (χ4v) is 2.31. The predicted octanol–water partition coefficient (Wildman–Crippen LogP) is 2.31. The van der Waals surface area contributed by atoms with E-state index >= 15 is 0 Å². The number of nitrogens with zero attached hydrogens (tertiary/aromatic N) is 4. The van der Waals surface area contributed by atoms with Crippen molar-refractivity contribution in [3.05, 3.63) is 42.5 Å². The van der Waals surface area contributed by atoms with Crippen molar-refractivity contribution >= 4 is 17.4 Å². The summed E-state index contributed by atoms with van der Waals surface area (Å²) in [7, 11) is 0. The monoisotopic (exact) mass is 311 g/mol. The van der Waals surface area contributed by atoms with Crippen LogP contribution < -0.4 is 5.32 Å². The molecule has 3 rings (SSSR count). The van der Waals surface area contributed by atoms with E-state index in [2.05, 4.69) is 20.6 Å². The van der Waals surface area contributed by atoms with Crippen LogP contribution in [-0.2, 0) is 4.79 Å². The number of carboxylic acid groups (broad SMARTS) is 1. The third-order valence-electron chi connectivity index (χ3n) is 3.53. The third-order valence-corrected chi connectivity index (χ3v) is 3.53. The van der Waals surface area contributed by atoms with Crippen LogP contribution in [0.15, 0.2) is 42.5 Å². The SMILES string of the molecule is CC(C)[C@H](Nc1ccc2nnc(-c3ccccc3)n2n1)C(=O)O. The molecule has 7 nitrogen and oxygen atoms in total. The molecule has 118 valence electrons. The molecule has 0 spiro atoms. The van der Waals surface area contributed by atoms with Gasteiger partial charge in [0.1, 0.15) is 11.9 Å². The number of carboxylic acids is 1. The first-order valence-corrected chi connectivity index (χ1v) is 7.33. The lowest BCUT2D eigenvalue weighted by atomic mass is 10.1. The topological polar surface area (TPSA) is 92.4 Å². The zero-order chi connectivity index (χ0) is 16.4. The fourth-order valence-electron chi connectivity index (χ4n) is 2.31. The average Bonchev–Trinajstić information content (AvgIpc) is 2.96. The lowest BCUT2D eigenvalue weighted by molar-refractivity contribution is -0.138. The van der Waals surface area contributed by atoms with Crippen molar-refractivity contribution in [3.8, 4) is 11.4 Å². The molecular weight excluding hydrogens is 294 g/mol. The molecule has 2 N–H and O–H groups in total. The molecule has 3 aromatic rings. The van der Waals surface area contributed by atoms with Crippen LogP contribution in [0.5, 0.6) is 0 Å². The van der Waals surface area contributed by atoms with Crippen molar-refractivity contribution in [1.29, 1.82) is 0 Å². The zero-order valence-corrected chi connectivity index (χ0v) is 12.8. The van der Waals surface area contributed by atoms with Crippen LogP contribution >= 0.6 is 0 Å². The van der Waals surface area contributed by atoms with Crippen molar-refractivity contribution in [2.24, 2.45) is 5.92 Å². The number of fused-ring (bicyclic) bond motifs is 1. The lowest BCUT2D eigenvalue weighted by Gasteiger charge is -2.18. The van der Waals surface area contributed by atoms with Gasteiger partial charge in [0, 0.05) is 5.56 Å². The average molecular weight is 311 g/mol. The van der Waals surface area contributed by atoms with Crippen LogP contribution in [0.3, 0.4) is 0 Å². The lowest BCUT2D eigenvalue weighted by Crippen LogP contribution is -2.34. The first-order chi connectivity index (χ1) is 11.1. The minimum Gasteiger partial charge on any atom is -0.480 e. The number of anilines is 1. The highest BCUT2D eigenvalue weighted by atomic mass is 16.4. The molecule has 0 amide bonds. The minimum absolute atomic E-state index is 0.0699. The van der Waals surface area contributed by atoms with Gasteiger partial charge in [-0.05, 0) is 18.1 Å². The molecule has 0 unspecified atom stereocenters. The van der Waals surface area contributed by atoms with Gasteiger partial charge < -0.3 is 10.4 Å². The molecule has 7 heteroatoms. The molecule has 0 fully saturated rings. The number of nitrogens with one attached hydrogen (secondary N) is 1. The maximum absolute atomic E-state index is 11.3. The number of hydrogen-bond donors (Lipinski definition) is 2. The van der Waals surface area contributed by atoms with E-state index in [9.17, 15) is 9.90 Å². The molecular formula is C16H17N5O2. The summed E-state index contributed by atoms with van der Waals surface area (Å²) in [4.78, 5) is 11.3. The highest BCUT2D eigenvalue weighted by molar-refractivity contribution is 5.77. The second kappa shape index (κ2) is 6.04. The molecule has 2 aromatic heterocycles. The Morgan fingerprint density at radius 3 is 2.52 bits per heavy atom. The van der Waals surface area contributed by atoms with E-state index in [-0.39, 0.29) is 5.92 Å². The van der Waals surface area contributed by atoms with Crippen molar-refractivity contribution < 1.29 is 9.90 Å². The summed E-state index contributed by atoms with van der Waals surface area (Å²) in [5, 5.41) is 24.9. The second-order valence-corrected chi connectivity index (χ2v) is 5.58. The molecule has 2 heterocycles. The highest BCUT2D eigenvalue weighted by Gasteiger charge is 2.22. The number of hydrogen-bond acceptors (Lipinski definition) is 5. The number of rotatable bonds is 5. The van der Waals surface area contributed by atoms with E-state index in [1.54, 1.807) is 16.6 Å². The molecule has 0 aliphatic heterocycles. The third kappa shape index (κ3) is 2.98. The summed E-state index contributed by atoms with van der Waals surface area (Å²) >= 11 is 0. The van der Waals surface area contributed by atoms with Gasteiger partial charge in [-0.2, -0.15) is 4.52 Å². The van der Waals surface area contributed by atoms with Crippen LogP contribution in [0.25, 0.3) is 17.0 Å². The highest BCUT2D eigenvalue weighted by Crippen LogP contribution is 2.18. The van der Waals surface area contributed by atoms with Crippen molar-refractivity contribution in [1.82, 2.24) is 19.8 Å². The van der Waals surface area contributed by atoms with Gasteiger partial charge in [-0.1, -0.05) is 44.2 Å². The molecule has 1 atom stereocenters. The summed E-state index contributed by atoms with van der Waals surface area (Å²) < 4.78 is 1.61. The molecule has 0 saturated carbocycles. The van der Waals surface area contributed by atoms with Gasteiger partial charge >= 0.3 is 5.97 Å². The van der Waals surface area contributed by atoms with E-state index in [0.717, 1.165) is 5.56 Å². The minimum atomic E-state index is -0.908. The zero-order valence-electron chi connectivity index (χ0n) is 12.8. The molecule has 0 aliphatic rings. The molecule has 0 bridgehead atoms. The number of benzene rings is 1. The van der Waals surface area contributed by atoms with Gasteiger partial charge in [-0.15, -0.1) is 15.3 Å². The van der Waals surface area contributed by atoms with E-state index < -0.39 is 12.0 Å². The smallest absolute Gasteiger partial charge is 0.326 e. The van der Waals surface area contributed by atoms with Gasteiger partial charge in [-0.25, -0.2) is 4.79 Å². The summed E-state index contributed by atoms with van der Waals surface area (Å²) in [6.45, 7) is 3.69. The van der Waals surface area contributed by atoms with Gasteiger partial charge in [0.25, 0.3) is 0 Å². The van der Waals surface area contributed by atoms with Gasteiger partial charge in [0.15, 0.2) is 11.5 Å². The first kappa shape index (κ1) is 15.0. The van der Waals surface area contributed by atoms with Gasteiger partial charge in [0.2, 0.25) is 0 Å². The summed E-state index contributed by atoms with van der Waals surface area (Å²) in [6.07, 6.45) is 0. The van der Waals surface area contributed by atoms with Crippen LogP contribution in [0.1, 0.15) is 13.8 Å². The van der Waals surface area contributed by atoms with Gasteiger partial charge in [-0.3, -0.25) is 0 Å². The van der Waals surface area contributed by atoms with Crippen molar-refractivity contribution in [2.45, 2.75) is 19.9 Å². The number of aliphatic carboxylic acids is 1. The van der Waals surface area contributed by atoms with E-state index in [1.807, 2.05) is 44.2 Å². The van der Waals surface area contributed by atoms with Crippen LogP contribution in [0, 0.1) is 5.92 Å². The first-order valence-electron chi connectivity index (χ1n) is 7.33. The van der Waals surface area contributed by atoms with Crippen molar-refractivity contribution in [2.75, 3.05) is 5.32 Å². The molecule has 0 saturated heterocycles. The Bertz CT molecular complexity index is 829. The largest absolute Gasteiger partial charge is 0.480 e. The Kier molecular flexibility index (Phi) is 3.92. The fraction of sp³-hybridized carbons (Fsp3) is 0.250. The summed E-state index contributed by atoms with van der Waals surface area (Å²) in [6, 6.07) is 12.4. The van der Waals surface area contributed by atoms with Crippen LogP contribution in [0.4, 0.5) is 5.82 Å². The molecule has 23 heavy (non-hydrogen) atoms. The van der Waals surface area contributed by atoms with E-state index in [4.69, 9.17) is 0 Å². The normalized spacial score (nSPS) is 12.5. The maximum Gasteiger partial charge on any atom is 0.326 e. The Hall–Kier alpha value is -2.96. The predicted molar refractivity (Wildman–Crippen MR) is 86.1 cm³/mol. The van der Waals surface area contributed by atoms with E-state index in [1.165, 1.54) is 0 Å². The van der Waals surface area contributed by atoms with E-state index in [0.29, 0.717) is 17.3 Å². The van der Waals surface area contributed by atoms with Crippen LogP contribution in [0.2, 0.25) is 0 Å². The van der Waals surface area contributed by atoms with Crippen molar-refractivity contribution in [3.63, 3.8) is 0 Å². The maximum atomic E-state index is 11.3. The molecule has 0 radical (unpaired) electrons. The Labute approximate surface area is 133 Å². The summed E-state index contributed by atoms with van der Waals surface area (Å²) in [5.74, 6) is 0.102. The van der Waals surface area contributed by atoms with Gasteiger partial charge in [0.05, 0.1) is 0 Å². The second-order valence-electron chi connectivity index (χ2n) is 5.58. The Morgan fingerprint density at radius 2 is 1.87 bits per heavy atom. The Balaban J connectivity index is 2.00. The Morgan fingerprint density at radius 1 is 1.13 bits per heavy atom. The summed E-state index contributed by atoms with van der Waals surface area (Å²) in [5.41, 5.74) is 1.49. The molecule has 0 aliphatic carbocycles. The number of carbonyl (C=O) groups is 1.